The Balaban J connectivity index is 1.75. The zero-order chi connectivity index (χ0) is 16.6. The van der Waals surface area contributed by atoms with E-state index in [0.29, 0.717) is 23.5 Å². The van der Waals surface area contributed by atoms with Crippen LogP contribution in [0.1, 0.15) is 72.6 Å². The number of allylic oxidation sites excluding steroid dienone is 1. The van der Waals surface area contributed by atoms with E-state index < -0.39 is 0 Å². The van der Waals surface area contributed by atoms with Crippen molar-refractivity contribution in [3.8, 4) is 0 Å². The first-order valence-corrected chi connectivity index (χ1v) is 9.71. The Morgan fingerprint density at radius 1 is 1.09 bits per heavy atom. The molecule has 3 saturated carbocycles. The molecule has 4 rings (SSSR count). The molecule has 4 aliphatic carbocycles. The summed E-state index contributed by atoms with van der Waals surface area (Å²) in [6, 6.07) is 0. The zero-order valence-corrected chi connectivity index (χ0v) is 15.2. The van der Waals surface area contributed by atoms with Gasteiger partial charge in [0.05, 0.1) is 6.10 Å². The number of carbonyl (C=O) groups is 1. The number of aliphatic hydroxyl groups excluding tert-OH is 1. The van der Waals surface area contributed by atoms with Crippen molar-refractivity contribution in [2.75, 3.05) is 0 Å². The molecule has 7 atom stereocenters. The van der Waals surface area contributed by atoms with Crippen LogP contribution < -0.4 is 0 Å². The molecule has 3 fully saturated rings. The molecule has 0 unspecified atom stereocenters. The van der Waals surface area contributed by atoms with E-state index in [1.165, 1.54) is 31.3 Å². The highest BCUT2D eigenvalue weighted by Crippen LogP contribution is 2.66. The Morgan fingerprint density at radius 2 is 1.83 bits per heavy atom. The third-order valence-electron chi connectivity index (χ3n) is 8.92. The molecule has 2 heteroatoms. The van der Waals surface area contributed by atoms with Crippen LogP contribution in [0.15, 0.2) is 11.1 Å². The molecule has 0 spiro atoms. The minimum atomic E-state index is -0.0923. The molecular weight excluding hydrogens is 284 g/mol. The van der Waals surface area contributed by atoms with E-state index >= 15 is 0 Å². The average Bonchev–Trinajstić information content (AvgIpc) is 2.81. The summed E-state index contributed by atoms with van der Waals surface area (Å²) in [6.45, 7) is 9.20. The van der Waals surface area contributed by atoms with Crippen LogP contribution >= 0.6 is 0 Å². The fourth-order valence-electron chi connectivity index (χ4n) is 7.28. The number of aliphatic hydroxyl groups is 1. The maximum atomic E-state index is 12.3. The van der Waals surface area contributed by atoms with Crippen LogP contribution in [0.5, 0.6) is 0 Å². The number of ketones is 1. The van der Waals surface area contributed by atoms with E-state index in [4.69, 9.17) is 0 Å². The van der Waals surface area contributed by atoms with Gasteiger partial charge in [-0.25, -0.2) is 0 Å². The molecule has 0 bridgehead atoms. The first-order valence-electron chi connectivity index (χ1n) is 9.71. The highest BCUT2D eigenvalue weighted by molar-refractivity contribution is 5.97. The van der Waals surface area contributed by atoms with E-state index in [-0.39, 0.29) is 16.9 Å². The third-order valence-corrected chi connectivity index (χ3v) is 8.92. The summed E-state index contributed by atoms with van der Waals surface area (Å²) in [5, 5.41) is 10.5. The van der Waals surface area contributed by atoms with Gasteiger partial charge in [-0.15, -0.1) is 0 Å². The Labute approximate surface area is 140 Å². The topological polar surface area (TPSA) is 37.3 Å². The fraction of sp³-hybridized carbons (Fsp3) is 0.857. The lowest BCUT2D eigenvalue weighted by molar-refractivity contribution is -0.122. The summed E-state index contributed by atoms with van der Waals surface area (Å²) < 4.78 is 0. The highest BCUT2D eigenvalue weighted by atomic mass is 16.3. The SMILES string of the molecule is CC1=C2CC[C@H]3[C@@H]4CC[C@H](O)[C@@]4(C)CC[C@@H]3[C@@]2(C)[C@@H](C)CC1=O. The van der Waals surface area contributed by atoms with E-state index in [0.717, 1.165) is 30.8 Å². The summed E-state index contributed by atoms with van der Waals surface area (Å²) in [4.78, 5) is 12.3. The van der Waals surface area contributed by atoms with Crippen LogP contribution in [0.4, 0.5) is 0 Å². The fourth-order valence-corrected chi connectivity index (χ4v) is 7.28. The summed E-state index contributed by atoms with van der Waals surface area (Å²) in [6.07, 6.45) is 7.60. The van der Waals surface area contributed by atoms with Gasteiger partial charge in [-0.1, -0.05) is 26.3 Å². The molecule has 0 aliphatic heterocycles. The lowest BCUT2D eigenvalue weighted by Gasteiger charge is -2.60. The van der Waals surface area contributed by atoms with Gasteiger partial charge in [0.1, 0.15) is 0 Å². The molecular formula is C21H32O2. The second-order valence-electron chi connectivity index (χ2n) is 9.47. The summed E-state index contributed by atoms with van der Waals surface area (Å²) in [7, 11) is 0. The van der Waals surface area contributed by atoms with Crippen molar-refractivity contribution in [2.24, 2.45) is 34.5 Å². The van der Waals surface area contributed by atoms with Gasteiger partial charge in [0.2, 0.25) is 0 Å². The van der Waals surface area contributed by atoms with Gasteiger partial charge in [0, 0.05) is 6.42 Å². The molecule has 1 N–H and O–H groups in total. The van der Waals surface area contributed by atoms with Gasteiger partial charge in [0.15, 0.2) is 5.78 Å². The number of fused-ring (bicyclic) bond motifs is 5. The lowest BCUT2D eigenvalue weighted by Crippen LogP contribution is -2.54. The van der Waals surface area contributed by atoms with Crippen molar-refractivity contribution in [3.05, 3.63) is 11.1 Å². The maximum absolute atomic E-state index is 12.3. The van der Waals surface area contributed by atoms with Crippen molar-refractivity contribution in [3.63, 3.8) is 0 Å². The van der Waals surface area contributed by atoms with Crippen LogP contribution in [0.3, 0.4) is 0 Å². The molecule has 128 valence electrons. The van der Waals surface area contributed by atoms with Crippen molar-refractivity contribution >= 4 is 5.78 Å². The number of hydrogen-bond acceptors (Lipinski definition) is 2. The molecule has 0 aromatic carbocycles. The standard InChI is InChI=1S/C21H32O2/c1-12-11-18(22)13(2)15-6-5-14-16-7-8-19(23)20(16,3)10-9-17(14)21(12,15)4/h12,14,16-17,19,23H,5-11H2,1-4H3/t12-,14-,16-,17-,19-,20-,21-/m0/s1. The maximum Gasteiger partial charge on any atom is 0.158 e. The molecule has 0 saturated heterocycles. The molecule has 0 heterocycles. The summed E-state index contributed by atoms with van der Waals surface area (Å²) in [5.74, 6) is 3.02. The second-order valence-corrected chi connectivity index (χ2v) is 9.47. The van der Waals surface area contributed by atoms with Crippen molar-refractivity contribution < 1.29 is 9.90 Å². The second kappa shape index (κ2) is 4.94. The number of carbonyl (C=O) groups excluding carboxylic acids is 1. The van der Waals surface area contributed by atoms with Crippen LogP contribution in [0, 0.1) is 34.5 Å². The molecule has 2 nitrogen and oxygen atoms in total. The molecule has 0 aromatic rings. The van der Waals surface area contributed by atoms with Crippen molar-refractivity contribution in [2.45, 2.75) is 78.7 Å². The molecule has 0 amide bonds. The van der Waals surface area contributed by atoms with Gasteiger partial charge in [-0.05, 0) is 85.5 Å². The molecule has 0 radical (unpaired) electrons. The average molecular weight is 316 g/mol. The van der Waals surface area contributed by atoms with Crippen LogP contribution in [0.2, 0.25) is 0 Å². The minimum absolute atomic E-state index is 0.0923. The van der Waals surface area contributed by atoms with E-state index in [9.17, 15) is 9.90 Å². The van der Waals surface area contributed by atoms with Crippen molar-refractivity contribution in [1.82, 2.24) is 0 Å². The van der Waals surface area contributed by atoms with Crippen molar-refractivity contribution in [1.29, 1.82) is 0 Å². The van der Waals surface area contributed by atoms with Crippen LogP contribution in [-0.2, 0) is 4.79 Å². The number of rotatable bonds is 0. The predicted octanol–water partition coefficient (Wildman–Crippen LogP) is 4.52. The van der Waals surface area contributed by atoms with Crippen LogP contribution in [-0.4, -0.2) is 17.0 Å². The normalized spacial score (nSPS) is 52.9. The predicted molar refractivity (Wildman–Crippen MR) is 91.9 cm³/mol. The van der Waals surface area contributed by atoms with Gasteiger partial charge < -0.3 is 5.11 Å². The Morgan fingerprint density at radius 3 is 2.57 bits per heavy atom. The molecule has 0 aromatic heterocycles. The van der Waals surface area contributed by atoms with Gasteiger partial charge in [-0.3, -0.25) is 4.79 Å². The zero-order valence-electron chi connectivity index (χ0n) is 15.2. The molecule has 23 heavy (non-hydrogen) atoms. The van der Waals surface area contributed by atoms with E-state index in [1.807, 2.05) is 0 Å². The summed E-state index contributed by atoms with van der Waals surface area (Å²) >= 11 is 0. The van der Waals surface area contributed by atoms with Gasteiger partial charge >= 0.3 is 0 Å². The number of hydrogen-bond donors (Lipinski definition) is 1. The monoisotopic (exact) mass is 316 g/mol. The first-order chi connectivity index (χ1) is 10.8. The van der Waals surface area contributed by atoms with E-state index in [1.54, 1.807) is 0 Å². The highest BCUT2D eigenvalue weighted by Gasteiger charge is 2.60. The van der Waals surface area contributed by atoms with E-state index in [2.05, 4.69) is 27.7 Å². The van der Waals surface area contributed by atoms with Crippen LogP contribution in [0.25, 0.3) is 0 Å². The molecule has 4 aliphatic rings. The smallest absolute Gasteiger partial charge is 0.158 e. The summed E-state index contributed by atoms with van der Waals surface area (Å²) in [5.41, 5.74) is 2.95. The Kier molecular flexibility index (Phi) is 3.41. The number of Topliss-reactive ketones (excluding diaryl/α,β-unsaturated/α-hetero) is 1. The quantitative estimate of drug-likeness (QED) is 0.713. The Bertz CT molecular complexity index is 576. The minimum Gasteiger partial charge on any atom is -0.393 e. The van der Waals surface area contributed by atoms with Gasteiger partial charge in [0.25, 0.3) is 0 Å². The third kappa shape index (κ3) is 1.88. The lowest BCUT2D eigenvalue weighted by atomic mass is 9.45. The largest absolute Gasteiger partial charge is 0.393 e. The first kappa shape index (κ1) is 15.9. The Hall–Kier alpha value is -0.630. The van der Waals surface area contributed by atoms with Gasteiger partial charge in [-0.2, -0.15) is 0 Å².